The van der Waals surface area contributed by atoms with Gasteiger partial charge >= 0.3 is 0 Å². The number of benzene rings is 5. The molecule has 0 saturated heterocycles. The summed E-state index contributed by atoms with van der Waals surface area (Å²) >= 11 is 23.0. The number of halogens is 6. The van der Waals surface area contributed by atoms with Gasteiger partial charge in [-0.2, -0.15) is 0 Å². The van der Waals surface area contributed by atoms with E-state index in [1.54, 1.807) is 36.4 Å². The SMILES string of the molecule is CCc1ccc(Oc2cnc(N)[nH]c2=O)cc1.Nc1ncc(Oc2ccc(Cl)cc2Cl)c(=O)[nH]1.Nc1ncc(Oc2ccc(Cl)cc2F)c(=O)[nH]1.Nc1ncc(Oc2cccc(Cl)c2)c(=O)[nH]1.Nc1ncc(Oc2cccc(F)c2)c(=O)[nH]1. The zero-order chi connectivity index (χ0) is 60.2. The molecule has 0 bridgehead atoms. The van der Waals surface area contributed by atoms with E-state index in [0.717, 1.165) is 24.8 Å². The Hall–Kier alpha value is -10.5. The van der Waals surface area contributed by atoms with Gasteiger partial charge in [-0.25, -0.2) is 33.7 Å². The first kappa shape index (κ1) is 61.7. The molecule has 0 aliphatic carbocycles. The number of aromatic nitrogens is 10. The Morgan fingerprint density at radius 2 is 0.759 bits per heavy atom. The summed E-state index contributed by atoms with van der Waals surface area (Å²) in [5.41, 5.74) is 25.3. The summed E-state index contributed by atoms with van der Waals surface area (Å²) in [6, 6.07) is 28.2. The van der Waals surface area contributed by atoms with Gasteiger partial charge in [-0.15, -0.1) is 0 Å². The first-order valence-electron chi connectivity index (χ1n) is 23.2. The Kier molecular flexibility index (Phi) is 22.1. The van der Waals surface area contributed by atoms with Crippen molar-refractivity contribution in [2.45, 2.75) is 13.3 Å². The molecule has 0 saturated carbocycles. The monoisotopic (exact) mass is 1220 g/mol. The van der Waals surface area contributed by atoms with E-state index in [1.807, 2.05) is 24.3 Å². The van der Waals surface area contributed by atoms with Crippen molar-refractivity contribution in [3.63, 3.8) is 0 Å². The lowest BCUT2D eigenvalue weighted by Crippen LogP contribution is -2.12. The molecule has 15 N–H and O–H groups in total. The number of ether oxygens (including phenoxy) is 5. The molecule has 0 aliphatic rings. The molecule has 0 spiro atoms. The molecule has 31 heteroatoms. The largest absolute Gasteiger partial charge is 0.450 e. The number of nitrogens with one attached hydrogen (secondary N) is 5. The second-order valence-corrected chi connectivity index (χ2v) is 17.6. The van der Waals surface area contributed by atoms with Crippen LogP contribution in [-0.2, 0) is 6.42 Å². The summed E-state index contributed by atoms with van der Waals surface area (Å²) in [4.78, 5) is 87.0. The molecule has 5 aromatic heterocycles. The normalized spacial score (nSPS) is 10.2. The van der Waals surface area contributed by atoms with Crippen LogP contribution in [0.15, 0.2) is 164 Å². The summed E-state index contributed by atoms with van der Waals surface area (Å²) in [7, 11) is 0. The molecule has 10 rings (SSSR count). The second-order valence-electron chi connectivity index (χ2n) is 15.9. The van der Waals surface area contributed by atoms with Crippen molar-refractivity contribution in [1.29, 1.82) is 0 Å². The highest BCUT2D eigenvalue weighted by molar-refractivity contribution is 6.35. The van der Waals surface area contributed by atoms with Gasteiger partial charge in [0.05, 0.1) is 36.0 Å². The lowest BCUT2D eigenvalue weighted by Gasteiger charge is -2.06. The van der Waals surface area contributed by atoms with E-state index >= 15 is 0 Å². The number of aromatic amines is 5. The van der Waals surface area contributed by atoms with Crippen molar-refractivity contribution >= 4 is 76.1 Å². The van der Waals surface area contributed by atoms with Crippen LogP contribution in [0.4, 0.5) is 38.5 Å². The highest BCUT2D eigenvalue weighted by atomic mass is 35.5. The Labute approximate surface area is 485 Å². The Bertz CT molecular complexity index is 3950. The maximum atomic E-state index is 13.4. The van der Waals surface area contributed by atoms with Gasteiger partial charge in [-0.3, -0.25) is 48.9 Å². The van der Waals surface area contributed by atoms with E-state index in [0.29, 0.717) is 32.3 Å². The summed E-state index contributed by atoms with van der Waals surface area (Å²) in [5.74, 6) is 0.447. The second kappa shape index (κ2) is 29.7. The van der Waals surface area contributed by atoms with Gasteiger partial charge in [0.25, 0.3) is 27.8 Å². The van der Waals surface area contributed by atoms with Gasteiger partial charge in [-0.1, -0.05) is 77.6 Å². The molecule has 83 heavy (non-hydrogen) atoms. The number of H-pyrrole nitrogens is 5. The van der Waals surface area contributed by atoms with Crippen LogP contribution in [0.1, 0.15) is 12.5 Å². The fraction of sp³-hybridized carbons (Fsp3) is 0.0385. The maximum absolute atomic E-state index is 13.4. The number of rotatable bonds is 11. The number of nitrogens with two attached hydrogens (primary N) is 5. The van der Waals surface area contributed by atoms with Crippen LogP contribution in [0.2, 0.25) is 20.1 Å². The third kappa shape index (κ3) is 19.7. The van der Waals surface area contributed by atoms with Crippen LogP contribution in [0.5, 0.6) is 57.5 Å². The molecule has 5 aromatic carbocycles. The first-order valence-corrected chi connectivity index (χ1v) is 24.8. The van der Waals surface area contributed by atoms with Gasteiger partial charge in [0.1, 0.15) is 28.8 Å². The lowest BCUT2D eigenvalue weighted by molar-refractivity contribution is 0.435. The van der Waals surface area contributed by atoms with Gasteiger partial charge in [0, 0.05) is 21.1 Å². The van der Waals surface area contributed by atoms with Crippen molar-refractivity contribution < 1.29 is 32.5 Å². The minimum Gasteiger partial charge on any atom is -0.450 e. The van der Waals surface area contributed by atoms with Crippen molar-refractivity contribution in [1.82, 2.24) is 49.8 Å². The number of hydrogen-bond donors (Lipinski definition) is 10. The molecule has 0 aliphatic heterocycles. The van der Waals surface area contributed by atoms with Crippen molar-refractivity contribution in [3.8, 4) is 57.5 Å². The summed E-state index contributed by atoms with van der Waals surface area (Å²) in [6.07, 6.45) is 7.04. The zero-order valence-corrected chi connectivity index (χ0v) is 45.5. The molecular weight excluding hydrogens is 1170 g/mol. The fourth-order valence-corrected chi connectivity index (χ4v) is 6.72. The molecule has 25 nitrogen and oxygen atoms in total. The number of anilines is 5. The standard InChI is InChI=1S/C12H13N3O2.C10H7Cl2N3O2.C10H7ClFN3O2.C10H8ClN3O2.C10H8FN3O2/c1-2-8-3-5-9(6-4-8)17-10-7-14-12(13)15-11(10)16;2*11-5-1-2-7(6(12)3-5)17-8-4-14-10(13)15-9(8)16;2*11-6-2-1-3-7(4-6)16-8-5-13-10(12)14-9(8)15/h3-7H,2H2,1H3,(H3,13,14,15,16);2*1-4H,(H3,13,14,15,16);2*1-5H,(H3,12,13,14,15). The quantitative estimate of drug-likeness (QED) is 0.0576. The third-order valence-corrected chi connectivity index (χ3v) is 10.8. The van der Waals surface area contributed by atoms with Crippen LogP contribution < -0.4 is 80.1 Å². The average molecular weight is 1220 g/mol. The molecule has 0 amide bonds. The molecule has 0 atom stereocenters. The van der Waals surface area contributed by atoms with Crippen LogP contribution in [0.25, 0.3) is 0 Å². The molecule has 10 aromatic rings. The van der Waals surface area contributed by atoms with Crippen molar-refractivity contribution in [2.24, 2.45) is 0 Å². The highest BCUT2D eigenvalue weighted by Crippen LogP contribution is 2.30. The molecule has 0 fully saturated rings. The van der Waals surface area contributed by atoms with E-state index in [-0.39, 0.29) is 75.0 Å². The van der Waals surface area contributed by atoms with E-state index < -0.39 is 39.4 Å². The maximum Gasteiger partial charge on any atom is 0.295 e. The Morgan fingerprint density at radius 1 is 0.398 bits per heavy atom. The van der Waals surface area contributed by atoms with Crippen LogP contribution in [0.3, 0.4) is 0 Å². The Balaban J connectivity index is 0.000000167. The van der Waals surface area contributed by atoms with Gasteiger partial charge < -0.3 is 52.4 Å². The Morgan fingerprint density at radius 3 is 1.14 bits per heavy atom. The van der Waals surface area contributed by atoms with Crippen molar-refractivity contribution in [3.05, 3.63) is 229 Å². The molecule has 0 unspecified atom stereocenters. The van der Waals surface area contributed by atoms with Crippen LogP contribution in [-0.4, -0.2) is 49.8 Å². The lowest BCUT2D eigenvalue weighted by atomic mass is 10.2. The first-order chi connectivity index (χ1) is 39.6. The number of aryl methyl sites for hydroxylation is 1. The minimum atomic E-state index is -0.672. The molecule has 428 valence electrons. The molecule has 0 radical (unpaired) electrons. The number of nitrogen functional groups attached to an aromatic ring is 5. The topological polar surface area (TPSA) is 405 Å². The smallest absolute Gasteiger partial charge is 0.295 e. The van der Waals surface area contributed by atoms with E-state index in [2.05, 4.69) is 56.8 Å². The van der Waals surface area contributed by atoms with Crippen LogP contribution >= 0.6 is 46.4 Å². The van der Waals surface area contributed by atoms with E-state index in [4.69, 9.17) is 98.8 Å². The van der Waals surface area contributed by atoms with Crippen molar-refractivity contribution in [2.75, 3.05) is 28.7 Å². The predicted octanol–water partition coefficient (Wildman–Crippen LogP) is 9.18. The fourth-order valence-electron chi connectivity index (χ4n) is 5.94. The third-order valence-electron chi connectivity index (χ3n) is 9.77. The minimum absolute atomic E-state index is 0.00316. The number of hydrogen-bond acceptors (Lipinski definition) is 20. The van der Waals surface area contributed by atoms with Gasteiger partial charge in [0.15, 0.2) is 41.3 Å². The summed E-state index contributed by atoms with van der Waals surface area (Å²) in [6.45, 7) is 2.07. The van der Waals surface area contributed by atoms with Gasteiger partial charge in [0.2, 0.25) is 28.7 Å². The summed E-state index contributed by atoms with van der Waals surface area (Å²) < 4.78 is 52.4. The average Bonchev–Trinajstić information content (AvgIpc) is 3.50. The summed E-state index contributed by atoms with van der Waals surface area (Å²) in [5, 5.41) is 1.54. The van der Waals surface area contributed by atoms with Crippen LogP contribution in [0, 0.1) is 11.6 Å². The zero-order valence-electron chi connectivity index (χ0n) is 42.5. The van der Waals surface area contributed by atoms with Gasteiger partial charge in [-0.05, 0) is 90.8 Å². The molecular formula is C52H43Cl4F2N15O10. The predicted molar refractivity (Wildman–Crippen MR) is 308 cm³/mol. The highest BCUT2D eigenvalue weighted by Gasteiger charge is 2.11. The van der Waals surface area contributed by atoms with E-state index in [9.17, 15) is 32.8 Å². The number of nitrogens with zero attached hydrogens (tertiary/aromatic N) is 5. The molecule has 5 heterocycles. The van der Waals surface area contributed by atoms with E-state index in [1.165, 1.54) is 66.7 Å².